The fourth-order valence-corrected chi connectivity index (χ4v) is 3.57. The normalized spacial score (nSPS) is 10.5. The summed E-state index contributed by atoms with van der Waals surface area (Å²) in [6.45, 7) is 3.02. The molecule has 0 aliphatic carbocycles. The zero-order valence-corrected chi connectivity index (χ0v) is 18.6. The zero-order valence-electron chi connectivity index (χ0n) is 17.7. The van der Waals surface area contributed by atoms with Crippen LogP contribution in [0.25, 0.3) is 0 Å². The number of thioether (sulfide) groups is 1. The number of aryl methyl sites for hydroxylation is 1. The topological polar surface area (TPSA) is 89.3 Å². The lowest BCUT2D eigenvalue weighted by molar-refractivity contribution is -0.113. The van der Waals surface area contributed by atoms with Crippen molar-refractivity contribution in [2.24, 2.45) is 7.05 Å². The van der Waals surface area contributed by atoms with Gasteiger partial charge in [0, 0.05) is 31.9 Å². The van der Waals surface area contributed by atoms with Crippen molar-refractivity contribution >= 4 is 29.3 Å². The van der Waals surface area contributed by atoms with Crippen molar-refractivity contribution in [2.75, 3.05) is 24.7 Å². The van der Waals surface area contributed by atoms with Gasteiger partial charge in [0.05, 0.1) is 12.4 Å². The van der Waals surface area contributed by atoms with E-state index in [2.05, 4.69) is 15.5 Å². The predicted molar refractivity (Wildman–Crippen MR) is 120 cm³/mol. The van der Waals surface area contributed by atoms with Gasteiger partial charge in [0.25, 0.3) is 5.91 Å². The van der Waals surface area contributed by atoms with Crippen molar-refractivity contribution in [3.05, 3.63) is 66.0 Å². The van der Waals surface area contributed by atoms with E-state index in [1.165, 1.54) is 11.8 Å². The third kappa shape index (κ3) is 6.32. The first-order valence-corrected chi connectivity index (χ1v) is 10.8. The van der Waals surface area contributed by atoms with Crippen LogP contribution in [0.15, 0.2) is 60.0 Å². The van der Waals surface area contributed by atoms with Gasteiger partial charge in [-0.1, -0.05) is 30.0 Å². The van der Waals surface area contributed by atoms with Gasteiger partial charge in [0.1, 0.15) is 12.1 Å². The third-order valence-electron chi connectivity index (χ3n) is 4.40. The highest BCUT2D eigenvalue weighted by molar-refractivity contribution is 7.99. The number of hydrogen-bond acceptors (Lipinski definition) is 6. The number of aromatic nitrogens is 3. The van der Waals surface area contributed by atoms with Crippen molar-refractivity contribution in [3.63, 3.8) is 0 Å². The first-order chi connectivity index (χ1) is 15.0. The van der Waals surface area contributed by atoms with Gasteiger partial charge in [0.2, 0.25) is 5.91 Å². The van der Waals surface area contributed by atoms with Crippen LogP contribution in [0.4, 0.5) is 5.69 Å². The molecule has 1 aromatic heterocycles. The SMILES string of the molecule is CCOc1ccc(CN(C)C(=O)c2cccc(NC(=O)CSc3nncn3C)c2)cc1. The van der Waals surface area contributed by atoms with E-state index in [0.717, 1.165) is 11.3 Å². The first-order valence-electron chi connectivity index (χ1n) is 9.80. The average molecular weight is 440 g/mol. The number of nitrogens with one attached hydrogen (secondary N) is 1. The molecule has 0 atom stereocenters. The molecule has 0 aliphatic rings. The number of benzene rings is 2. The van der Waals surface area contributed by atoms with E-state index in [1.54, 1.807) is 47.1 Å². The number of carbonyl (C=O) groups excluding carboxylic acids is 2. The molecule has 162 valence electrons. The van der Waals surface area contributed by atoms with Crippen LogP contribution in [-0.2, 0) is 18.4 Å². The van der Waals surface area contributed by atoms with E-state index < -0.39 is 0 Å². The van der Waals surface area contributed by atoms with Gasteiger partial charge < -0.3 is 19.5 Å². The minimum atomic E-state index is -0.180. The Morgan fingerprint density at radius 1 is 1.19 bits per heavy atom. The second-order valence-corrected chi connectivity index (χ2v) is 7.82. The van der Waals surface area contributed by atoms with E-state index in [0.29, 0.717) is 29.6 Å². The highest BCUT2D eigenvalue weighted by atomic mass is 32.2. The molecule has 0 bridgehead atoms. The van der Waals surface area contributed by atoms with Gasteiger partial charge in [-0.25, -0.2) is 0 Å². The standard InChI is InChI=1S/C22H25N5O3S/c1-4-30-19-10-8-16(9-11-19)13-26(2)21(29)17-6-5-7-18(12-17)24-20(28)14-31-22-25-23-15-27(22)3/h5-12,15H,4,13-14H2,1-3H3,(H,24,28). The Hall–Kier alpha value is -3.33. The van der Waals surface area contributed by atoms with E-state index in [1.807, 2.05) is 38.2 Å². The molecule has 3 aromatic rings. The summed E-state index contributed by atoms with van der Waals surface area (Å²) in [6, 6.07) is 14.6. The van der Waals surface area contributed by atoms with Crippen LogP contribution in [0.5, 0.6) is 5.75 Å². The molecule has 1 heterocycles. The van der Waals surface area contributed by atoms with Crippen molar-refractivity contribution in [2.45, 2.75) is 18.6 Å². The molecule has 0 aliphatic heterocycles. The molecule has 31 heavy (non-hydrogen) atoms. The Balaban J connectivity index is 1.57. The molecule has 1 N–H and O–H groups in total. The number of ether oxygens (including phenoxy) is 1. The second-order valence-electron chi connectivity index (χ2n) is 6.88. The molecule has 2 amide bonds. The smallest absolute Gasteiger partial charge is 0.253 e. The van der Waals surface area contributed by atoms with Crippen LogP contribution in [0.2, 0.25) is 0 Å². The van der Waals surface area contributed by atoms with E-state index in [4.69, 9.17) is 4.74 Å². The fourth-order valence-electron chi connectivity index (χ4n) is 2.88. The molecule has 0 spiro atoms. The molecule has 0 radical (unpaired) electrons. The number of carbonyl (C=O) groups is 2. The summed E-state index contributed by atoms with van der Waals surface area (Å²) in [5.74, 6) is 0.697. The van der Waals surface area contributed by atoms with Gasteiger partial charge in [-0.05, 0) is 42.8 Å². The summed E-state index contributed by atoms with van der Waals surface area (Å²) >= 11 is 1.29. The average Bonchev–Trinajstić information content (AvgIpc) is 3.18. The van der Waals surface area contributed by atoms with Gasteiger partial charge >= 0.3 is 0 Å². The highest BCUT2D eigenvalue weighted by Crippen LogP contribution is 2.18. The van der Waals surface area contributed by atoms with Crippen molar-refractivity contribution in [1.29, 1.82) is 0 Å². The van der Waals surface area contributed by atoms with Gasteiger partial charge in [-0.2, -0.15) is 0 Å². The Morgan fingerprint density at radius 3 is 2.65 bits per heavy atom. The third-order valence-corrected chi connectivity index (χ3v) is 5.43. The van der Waals surface area contributed by atoms with Crippen molar-refractivity contribution in [3.8, 4) is 5.75 Å². The summed E-state index contributed by atoms with van der Waals surface area (Å²) in [4.78, 5) is 26.7. The quantitative estimate of drug-likeness (QED) is 0.515. The fraction of sp³-hybridized carbons (Fsp3) is 0.273. The van der Waals surface area contributed by atoms with Gasteiger partial charge in [-0.15, -0.1) is 10.2 Å². The van der Waals surface area contributed by atoms with Crippen molar-refractivity contribution < 1.29 is 14.3 Å². The number of rotatable bonds is 9. The molecule has 0 fully saturated rings. The van der Waals surface area contributed by atoms with Crippen LogP contribution < -0.4 is 10.1 Å². The van der Waals surface area contributed by atoms with Gasteiger partial charge in [0.15, 0.2) is 5.16 Å². The molecule has 0 saturated carbocycles. The Morgan fingerprint density at radius 2 is 1.97 bits per heavy atom. The summed E-state index contributed by atoms with van der Waals surface area (Å²) in [7, 11) is 3.57. The number of anilines is 1. The lowest BCUT2D eigenvalue weighted by Crippen LogP contribution is -2.26. The second kappa shape index (κ2) is 10.6. The van der Waals surface area contributed by atoms with Crippen LogP contribution in [-0.4, -0.2) is 50.9 Å². The summed E-state index contributed by atoms with van der Waals surface area (Å²) in [6.07, 6.45) is 1.58. The Kier molecular flexibility index (Phi) is 7.66. The first kappa shape index (κ1) is 22.4. The van der Waals surface area contributed by atoms with Crippen LogP contribution in [0, 0.1) is 0 Å². The lowest BCUT2D eigenvalue weighted by Gasteiger charge is -2.18. The van der Waals surface area contributed by atoms with E-state index >= 15 is 0 Å². The van der Waals surface area contributed by atoms with Crippen LogP contribution in [0.1, 0.15) is 22.8 Å². The molecular formula is C22H25N5O3S. The molecular weight excluding hydrogens is 414 g/mol. The molecule has 0 saturated heterocycles. The minimum absolute atomic E-state index is 0.126. The minimum Gasteiger partial charge on any atom is -0.494 e. The summed E-state index contributed by atoms with van der Waals surface area (Å²) in [5, 5.41) is 11.2. The number of amides is 2. The predicted octanol–water partition coefficient (Wildman–Crippen LogP) is 3.22. The molecule has 0 unspecified atom stereocenters. The lowest BCUT2D eigenvalue weighted by atomic mass is 10.1. The molecule has 8 nitrogen and oxygen atoms in total. The summed E-state index contributed by atoms with van der Waals surface area (Å²) < 4.78 is 7.19. The maximum Gasteiger partial charge on any atom is 0.253 e. The van der Waals surface area contributed by atoms with Gasteiger partial charge in [-0.3, -0.25) is 9.59 Å². The number of nitrogens with zero attached hydrogens (tertiary/aromatic N) is 4. The molecule has 3 rings (SSSR count). The maximum absolute atomic E-state index is 12.8. The largest absolute Gasteiger partial charge is 0.494 e. The van der Waals surface area contributed by atoms with E-state index in [-0.39, 0.29) is 17.6 Å². The zero-order chi connectivity index (χ0) is 22.2. The monoisotopic (exact) mass is 439 g/mol. The summed E-state index contributed by atoms with van der Waals surface area (Å²) in [5.41, 5.74) is 2.08. The van der Waals surface area contributed by atoms with Crippen LogP contribution >= 0.6 is 11.8 Å². The van der Waals surface area contributed by atoms with Crippen molar-refractivity contribution in [1.82, 2.24) is 19.7 Å². The van der Waals surface area contributed by atoms with Crippen LogP contribution in [0.3, 0.4) is 0 Å². The maximum atomic E-state index is 12.8. The Bertz CT molecular complexity index is 1040. The molecule has 9 heteroatoms. The molecule has 2 aromatic carbocycles. The highest BCUT2D eigenvalue weighted by Gasteiger charge is 2.14. The Labute approximate surface area is 185 Å². The van der Waals surface area contributed by atoms with E-state index in [9.17, 15) is 9.59 Å². The number of hydrogen-bond donors (Lipinski definition) is 1.